The van der Waals surface area contributed by atoms with Crippen LogP contribution in [-0.2, 0) is 0 Å². The maximum absolute atomic E-state index is 12.2. The largest absolute Gasteiger partial charge is 0.496 e. The van der Waals surface area contributed by atoms with Crippen LogP contribution in [0.3, 0.4) is 0 Å². The zero-order chi connectivity index (χ0) is 14.3. The van der Waals surface area contributed by atoms with Crippen LogP contribution in [0.4, 0.5) is 0 Å². The van der Waals surface area contributed by atoms with Gasteiger partial charge in [-0.15, -0.1) is 11.3 Å². The maximum atomic E-state index is 12.2. The van der Waals surface area contributed by atoms with Crippen molar-refractivity contribution in [2.45, 2.75) is 13.8 Å². The van der Waals surface area contributed by atoms with Crippen LogP contribution in [0.1, 0.15) is 11.3 Å². The molecule has 0 spiro atoms. The topological polar surface area (TPSA) is 55.0 Å². The minimum Gasteiger partial charge on any atom is -0.496 e. The highest BCUT2D eigenvalue weighted by Gasteiger charge is 2.11. The van der Waals surface area contributed by atoms with E-state index < -0.39 is 0 Å². The third-order valence-corrected chi connectivity index (χ3v) is 4.31. The van der Waals surface area contributed by atoms with Crippen molar-refractivity contribution >= 4 is 22.1 Å². The molecule has 0 aliphatic heterocycles. The number of ether oxygens (including phenoxy) is 1. The zero-order valence-electron chi connectivity index (χ0n) is 11.5. The minimum atomic E-state index is -0.101. The van der Waals surface area contributed by atoms with E-state index in [-0.39, 0.29) is 5.56 Å². The lowest BCUT2D eigenvalue weighted by molar-refractivity contribution is 0.412. The SMILES string of the molecule is COc1ccc2c(=O)[nH]c(-c3nc(C)cs3)cc2c1C. The zero-order valence-corrected chi connectivity index (χ0v) is 12.3. The van der Waals surface area contributed by atoms with E-state index in [0.29, 0.717) is 5.39 Å². The summed E-state index contributed by atoms with van der Waals surface area (Å²) in [7, 11) is 1.63. The van der Waals surface area contributed by atoms with Crippen molar-refractivity contribution in [1.29, 1.82) is 0 Å². The van der Waals surface area contributed by atoms with Gasteiger partial charge >= 0.3 is 0 Å². The van der Waals surface area contributed by atoms with Gasteiger partial charge in [0, 0.05) is 16.5 Å². The first-order valence-corrected chi connectivity index (χ1v) is 7.11. The molecule has 1 N–H and O–H groups in total. The fourth-order valence-corrected chi connectivity index (χ4v) is 3.05. The number of thiazole rings is 1. The third kappa shape index (κ3) is 2.00. The number of methoxy groups -OCH3 is 1. The van der Waals surface area contributed by atoms with Crippen LogP contribution in [0.5, 0.6) is 5.75 Å². The number of rotatable bonds is 2. The summed E-state index contributed by atoms with van der Waals surface area (Å²) in [5.41, 5.74) is 2.56. The van der Waals surface area contributed by atoms with Crippen molar-refractivity contribution in [2.75, 3.05) is 7.11 Å². The number of benzene rings is 1. The van der Waals surface area contributed by atoms with Crippen molar-refractivity contribution in [3.8, 4) is 16.5 Å². The molecular weight excluding hydrogens is 272 g/mol. The summed E-state index contributed by atoms with van der Waals surface area (Å²) in [6.45, 7) is 3.89. The summed E-state index contributed by atoms with van der Waals surface area (Å²) in [6.07, 6.45) is 0. The number of H-pyrrole nitrogens is 1. The number of aromatic amines is 1. The molecule has 0 bridgehead atoms. The molecule has 0 saturated heterocycles. The van der Waals surface area contributed by atoms with Crippen LogP contribution < -0.4 is 10.3 Å². The molecule has 5 heteroatoms. The molecule has 0 atom stereocenters. The highest BCUT2D eigenvalue weighted by molar-refractivity contribution is 7.13. The number of aromatic nitrogens is 2. The number of pyridine rings is 1. The molecule has 0 radical (unpaired) electrons. The number of hydrogen-bond donors (Lipinski definition) is 1. The van der Waals surface area contributed by atoms with Gasteiger partial charge in [0.15, 0.2) is 0 Å². The lowest BCUT2D eigenvalue weighted by Gasteiger charge is -2.08. The van der Waals surface area contributed by atoms with Crippen molar-refractivity contribution < 1.29 is 4.74 Å². The van der Waals surface area contributed by atoms with E-state index >= 15 is 0 Å². The second-order valence-corrected chi connectivity index (χ2v) is 5.52. The lowest BCUT2D eigenvalue weighted by atomic mass is 10.1. The fourth-order valence-electron chi connectivity index (χ4n) is 2.28. The van der Waals surface area contributed by atoms with Gasteiger partial charge in [-0.1, -0.05) is 0 Å². The summed E-state index contributed by atoms with van der Waals surface area (Å²) < 4.78 is 5.32. The summed E-state index contributed by atoms with van der Waals surface area (Å²) in [5, 5.41) is 4.36. The molecule has 3 aromatic rings. The summed E-state index contributed by atoms with van der Waals surface area (Å²) in [5.74, 6) is 0.782. The van der Waals surface area contributed by atoms with E-state index in [2.05, 4.69) is 9.97 Å². The molecule has 0 saturated carbocycles. The molecule has 2 aromatic heterocycles. The van der Waals surface area contributed by atoms with Crippen LogP contribution >= 0.6 is 11.3 Å². The molecule has 2 heterocycles. The van der Waals surface area contributed by atoms with E-state index in [1.54, 1.807) is 13.2 Å². The Morgan fingerprint density at radius 1 is 1.25 bits per heavy atom. The molecule has 1 aromatic carbocycles. The Balaban J connectivity index is 2.32. The molecule has 0 unspecified atom stereocenters. The van der Waals surface area contributed by atoms with Gasteiger partial charge < -0.3 is 9.72 Å². The molecule has 0 amide bonds. The number of nitrogens with zero attached hydrogens (tertiary/aromatic N) is 1. The molecule has 20 heavy (non-hydrogen) atoms. The fraction of sp³-hybridized carbons (Fsp3) is 0.200. The van der Waals surface area contributed by atoms with Crippen molar-refractivity contribution in [2.24, 2.45) is 0 Å². The average Bonchev–Trinajstić information content (AvgIpc) is 2.86. The first-order chi connectivity index (χ1) is 9.60. The Bertz CT molecular complexity index is 849. The maximum Gasteiger partial charge on any atom is 0.256 e. The first-order valence-electron chi connectivity index (χ1n) is 6.23. The van der Waals surface area contributed by atoms with Gasteiger partial charge in [0.2, 0.25) is 0 Å². The van der Waals surface area contributed by atoms with Crippen LogP contribution in [-0.4, -0.2) is 17.1 Å². The van der Waals surface area contributed by atoms with E-state index in [4.69, 9.17) is 4.74 Å². The van der Waals surface area contributed by atoms with E-state index in [9.17, 15) is 4.79 Å². The second-order valence-electron chi connectivity index (χ2n) is 4.66. The van der Waals surface area contributed by atoms with E-state index in [1.807, 2.05) is 31.4 Å². The van der Waals surface area contributed by atoms with Gasteiger partial charge in [-0.05, 0) is 43.0 Å². The Morgan fingerprint density at radius 3 is 2.70 bits per heavy atom. The second kappa shape index (κ2) is 4.76. The molecule has 3 rings (SSSR count). The third-order valence-electron chi connectivity index (χ3n) is 3.32. The van der Waals surface area contributed by atoms with Crippen LogP contribution in [0, 0.1) is 13.8 Å². The molecule has 0 fully saturated rings. The smallest absolute Gasteiger partial charge is 0.256 e. The Morgan fingerprint density at radius 2 is 2.05 bits per heavy atom. The summed E-state index contributed by atoms with van der Waals surface area (Å²) in [6, 6.07) is 5.57. The molecule has 0 aliphatic carbocycles. The van der Waals surface area contributed by atoms with Crippen molar-refractivity contribution in [1.82, 2.24) is 9.97 Å². The Kier molecular flexibility index (Phi) is 3.06. The highest BCUT2D eigenvalue weighted by Crippen LogP contribution is 2.29. The first kappa shape index (κ1) is 12.9. The van der Waals surface area contributed by atoms with E-state index in [1.165, 1.54) is 11.3 Å². The molecule has 0 aliphatic rings. The highest BCUT2D eigenvalue weighted by atomic mass is 32.1. The standard InChI is InChI=1S/C15H14N2O2S/c1-8-7-20-15(16-8)12-6-11-9(2)13(19-3)5-4-10(11)14(18)17-12/h4-7H,1-3H3,(H,17,18). The quantitative estimate of drug-likeness (QED) is 0.786. The van der Waals surface area contributed by atoms with Gasteiger partial charge in [0.05, 0.1) is 12.8 Å². The number of nitrogens with one attached hydrogen (secondary N) is 1. The van der Waals surface area contributed by atoms with Gasteiger partial charge in [-0.3, -0.25) is 4.79 Å². The monoisotopic (exact) mass is 286 g/mol. The van der Waals surface area contributed by atoms with Gasteiger partial charge in [-0.25, -0.2) is 4.98 Å². The Hall–Kier alpha value is -2.14. The lowest BCUT2D eigenvalue weighted by Crippen LogP contribution is -2.08. The predicted molar refractivity (Wildman–Crippen MR) is 81.7 cm³/mol. The van der Waals surface area contributed by atoms with Crippen molar-refractivity contribution in [3.05, 3.63) is 45.2 Å². The van der Waals surface area contributed by atoms with E-state index in [0.717, 1.165) is 33.1 Å². The summed E-state index contributed by atoms with van der Waals surface area (Å²) in [4.78, 5) is 19.5. The van der Waals surface area contributed by atoms with Crippen molar-refractivity contribution in [3.63, 3.8) is 0 Å². The van der Waals surface area contributed by atoms with Gasteiger partial charge in [0.25, 0.3) is 5.56 Å². The number of aryl methyl sites for hydroxylation is 2. The molecule has 102 valence electrons. The predicted octanol–water partition coefficient (Wildman–Crippen LogP) is 3.28. The normalized spacial score (nSPS) is 10.9. The molecular formula is C15H14N2O2S. The molecule has 4 nitrogen and oxygen atoms in total. The van der Waals surface area contributed by atoms with Crippen LogP contribution in [0.15, 0.2) is 28.4 Å². The summed E-state index contributed by atoms with van der Waals surface area (Å²) >= 11 is 1.52. The van der Waals surface area contributed by atoms with Gasteiger partial charge in [-0.2, -0.15) is 0 Å². The van der Waals surface area contributed by atoms with Crippen LogP contribution in [0.2, 0.25) is 0 Å². The average molecular weight is 286 g/mol. The van der Waals surface area contributed by atoms with Crippen LogP contribution in [0.25, 0.3) is 21.5 Å². The minimum absolute atomic E-state index is 0.101. The van der Waals surface area contributed by atoms with Gasteiger partial charge in [0.1, 0.15) is 10.8 Å². The Labute approximate surface area is 120 Å². The number of hydrogen-bond acceptors (Lipinski definition) is 4. The number of fused-ring (bicyclic) bond motifs is 1.